The van der Waals surface area contributed by atoms with Gasteiger partial charge in [-0.2, -0.15) is 0 Å². The summed E-state index contributed by atoms with van der Waals surface area (Å²) in [5.41, 5.74) is 9.72. The average molecular weight is 311 g/mol. The van der Waals surface area contributed by atoms with Gasteiger partial charge < -0.3 is 11.1 Å². The van der Waals surface area contributed by atoms with Crippen molar-refractivity contribution in [2.75, 3.05) is 18.1 Å². The number of nitrogens with two attached hydrogens (primary N) is 1. The molecule has 1 amide bonds. The second kappa shape index (κ2) is 7.79. The van der Waals surface area contributed by atoms with Gasteiger partial charge in [-0.05, 0) is 43.7 Å². The number of hydrogen-bond donors (Lipinski definition) is 2. The molecule has 0 aliphatic heterocycles. The van der Waals surface area contributed by atoms with Crippen LogP contribution in [0.25, 0.3) is 0 Å². The van der Waals surface area contributed by atoms with Crippen molar-refractivity contribution in [3.8, 4) is 0 Å². The molecule has 0 aliphatic carbocycles. The van der Waals surface area contributed by atoms with Gasteiger partial charge in [0.25, 0.3) is 0 Å². The first-order chi connectivity index (χ1) is 11.0. The number of hydrogen-bond acceptors (Lipinski definition) is 3. The number of amides is 1. The highest BCUT2D eigenvalue weighted by atomic mass is 16.2. The van der Waals surface area contributed by atoms with Crippen LogP contribution in [0.2, 0.25) is 0 Å². The molecule has 0 fully saturated rings. The summed E-state index contributed by atoms with van der Waals surface area (Å²) in [7, 11) is 1.95. The number of nitrogens with one attached hydrogen (secondary N) is 1. The zero-order valence-electron chi connectivity index (χ0n) is 14.0. The van der Waals surface area contributed by atoms with Crippen LogP contribution in [0.4, 0.5) is 11.4 Å². The maximum absolute atomic E-state index is 12.4. The first kappa shape index (κ1) is 17.0. The van der Waals surface area contributed by atoms with Gasteiger partial charge in [0.05, 0.1) is 6.04 Å². The van der Waals surface area contributed by atoms with E-state index in [0.717, 1.165) is 29.9 Å². The van der Waals surface area contributed by atoms with Crippen LogP contribution in [0.5, 0.6) is 0 Å². The first-order valence-electron chi connectivity index (χ1n) is 7.94. The van der Waals surface area contributed by atoms with Gasteiger partial charge in [0.1, 0.15) is 0 Å². The minimum Gasteiger partial charge on any atom is -0.398 e. The van der Waals surface area contributed by atoms with E-state index >= 15 is 0 Å². The molecule has 0 spiro atoms. The van der Waals surface area contributed by atoms with Crippen molar-refractivity contribution in [3.63, 3.8) is 0 Å². The number of likely N-dealkylation sites (N-methyl/N-ethyl adjacent to an activating group) is 1. The molecule has 4 heteroatoms. The molecule has 2 rings (SSSR count). The molecule has 4 nitrogen and oxygen atoms in total. The van der Waals surface area contributed by atoms with Gasteiger partial charge in [-0.25, -0.2) is 0 Å². The Balaban J connectivity index is 1.98. The van der Waals surface area contributed by atoms with Gasteiger partial charge in [-0.1, -0.05) is 43.3 Å². The van der Waals surface area contributed by atoms with Crippen LogP contribution in [0.3, 0.4) is 0 Å². The molecule has 0 aromatic heterocycles. The van der Waals surface area contributed by atoms with Gasteiger partial charge >= 0.3 is 0 Å². The molecule has 23 heavy (non-hydrogen) atoms. The van der Waals surface area contributed by atoms with Crippen molar-refractivity contribution >= 4 is 17.3 Å². The fraction of sp³-hybridized carbons (Fsp3) is 0.316. The van der Waals surface area contributed by atoms with Gasteiger partial charge in [0, 0.05) is 17.9 Å². The van der Waals surface area contributed by atoms with E-state index in [1.807, 2.05) is 55.3 Å². The van der Waals surface area contributed by atoms with Gasteiger partial charge in [-0.15, -0.1) is 0 Å². The van der Waals surface area contributed by atoms with Crippen molar-refractivity contribution < 1.29 is 4.79 Å². The average Bonchev–Trinajstić information content (AvgIpc) is 2.55. The lowest BCUT2D eigenvalue weighted by Gasteiger charge is -2.24. The summed E-state index contributed by atoms with van der Waals surface area (Å²) in [5, 5.41) is 2.94. The molecule has 1 unspecified atom stereocenters. The third-order valence-electron chi connectivity index (χ3n) is 4.11. The van der Waals surface area contributed by atoms with Crippen LogP contribution < -0.4 is 11.1 Å². The Hall–Kier alpha value is -2.33. The molecule has 0 aliphatic rings. The van der Waals surface area contributed by atoms with Crippen LogP contribution in [-0.2, 0) is 17.8 Å². The Morgan fingerprint density at radius 3 is 2.52 bits per heavy atom. The minimum atomic E-state index is -0.234. The SMILES string of the molecule is CCc1ccc(NC(=O)C(C)N(C)Cc2ccccc2)cc1N. The quantitative estimate of drug-likeness (QED) is 0.805. The number of carbonyl (C=O) groups excluding carboxylic acids is 1. The summed E-state index contributed by atoms with van der Waals surface area (Å²) in [5.74, 6) is -0.0351. The third kappa shape index (κ3) is 4.57. The Kier molecular flexibility index (Phi) is 5.77. The molecule has 0 heterocycles. The topological polar surface area (TPSA) is 58.4 Å². The summed E-state index contributed by atoms with van der Waals surface area (Å²) in [6, 6.07) is 15.6. The molecule has 0 bridgehead atoms. The zero-order chi connectivity index (χ0) is 16.8. The largest absolute Gasteiger partial charge is 0.398 e. The van der Waals surface area contributed by atoms with E-state index in [0.29, 0.717) is 0 Å². The molecule has 0 saturated heterocycles. The molecule has 2 aromatic rings. The maximum Gasteiger partial charge on any atom is 0.241 e. The van der Waals surface area contributed by atoms with E-state index in [2.05, 4.69) is 24.4 Å². The van der Waals surface area contributed by atoms with Gasteiger partial charge in [0.2, 0.25) is 5.91 Å². The lowest BCUT2D eigenvalue weighted by atomic mass is 10.1. The van der Waals surface area contributed by atoms with Crippen molar-refractivity contribution in [2.24, 2.45) is 0 Å². The van der Waals surface area contributed by atoms with Crippen molar-refractivity contribution in [1.29, 1.82) is 0 Å². The monoisotopic (exact) mass is 311 g/mol. The smallest absolute Gasteiger partial charge is 0.241 e. The Labute approximate surface area is 138 Å². The summed E-state index contributed by atoms with van der Waals surface area (Å²) < 4.78 is 0. The number of nitrogen functional groups attached to an aromatic ring is 1. The lowest BCUT2D eigenvalue weighted by Crippen LogP contribution is -2.39. The summed E-state index contributed by atoms with van der Waals surface area (Å²) >= 11 is 0. The van der Waals surface area contributed by atoms with Crippen molar-refractivity contribution in [3.05, 3.63) is 59.7 Å². The number of benzene rings is 2. The minimum absolute atomic E-state index is 0.0351. The highest BCUT2D eigenvalue weighted by Crippen LogP contribution is 2.19. The highest BCUT2D eigenvalue weighted by molar-refractivity contribution is 5.95. The second-order valence-electron chi connectivity index (χ2n) is 5.83. The van der Waals surface area contributed by atoms with E-state index < -0.39 is 0 Å². The summed E-state index contributed by atoms with van der Waals surface area (Å²) in [6.07, 6.45) is 0.885. The Bertz CT molecular complexity index is 655. The number of carbonyl (C=O) groups is 1. The molecule has 122 valence electrons. The lowest BCUT2D eigenvalue weighted by molar-refractivity contribution is -0.120. The molecule has 0 radical (unpaired) electrons. The number of nitrogens with zero attached hydrogens (tertiary/aromatic N) is 1. The Morgan fingerprint density at radius 2 is 1.91 bits per heavy atom. The van der Waals surface area contributed by atoms with Crippen molar-refractivity contribution in [1.82, 2.24) is 4.90 Å². The van der Waals surface area contributed by atoms with E-state index in [-0.39, 0.29) is 11.9 Å². The van der Waals surface area contributed by atoms with Gasteiger partial charge in [0.15, 0.2) is 0 Å². The zero-order valence-corrected chi connectivity index (χ0v) is 14.0. The molecular formula is C19H25N3O. The number of rotatable bonds is 6. The van der Waals surface area contributed by atoms with E-state index in [1.165, 1.54) is 5.56 Å². The van der Waals surface area contributed by atoms with E-state index in [4.69, 9.17) is 5.73 Å². The highest BCUT2D eigenvalue weighted by Gasteiger charge is 2.18. The normalized spacial score (nSPS) is 12.2. The van der Waals surface area contributed by atoms with E-state index in [1.54, 1.807) is 0 Å². The van der Waals surface area contributed by atoms with Crippen LogP contribution >= 0.6 is 0 Å². The Morgan fingerprint density at radius 1 is 1.22 bits per heavy atom. The van der Waals surface area contributed by atoms with Crippen LogP contribution in [-0.4, -0.2) is 23.9 Å². The molecular weight excluding hydrogens is 286 g/mol. The van der Waals surface area contributed by atoms with Gasteiger partial charge in [-0.3, -0.25) is 9.69 Å². The van der Waals surface area contributed by atoms with Crippen LogP contribution in [0, 0.1) is 0 Å². The van der Waals surface area contributed by atoms with E-state index in [9.17, 15) is 4.79 Å². The fourth-order valence-electron chi connectivity index (χ4n) is 2.45. The standard InChI is InChI=1S/C19H25N3O/c1-4-16-10-11-17(12-18(16)20)21-19(23)14(2)22(3)13-15-8-6-5-7-9-15/h5-12,14H,4,13,20H2,1-3H3,(H,21,23). The van der Waals surface area contributed by atoms with Crippen LogP contribution in [0.15, 0.2) is 48.5 Å². The second-order valence-corrected chi connectivity index (χ2v) is 5.83. The molecule has 0 saturated carbocycles. The summed E-state index contributed by atoms with van der Waals surface area (Å²) in [4.78, 5) is 14.4. The fourth-order valence-corrected chi connectivity index (χ4v) is 2.45. The number of anilines is 2. The molecule has 2 aromatic carbocycles. The predicted molar refractivity (Wildman–Crippen MR) is 96.2 cm³/mol. The first-order valence-corrected chi connectivity index (χ1v) is 7.94. The molecule has 3 N–H and O–H groups in total. The summed E-state index contributed by atoms with van der Waals surface area (Å²) in [6.45, 7) is 4.69. The predicted octanol–water partition coefficient (Wildman–Crippen LogP) is 3.29. The molecule has 1 atom stereocenters. The third-order valence-corrected chi connectivity index (χ3v) is 4.11. The maximum atomic E-state index is 12.4. The van der Waals surface area contributed by atoms with Crippen LogP contribution in [0.1, 0.15) is 25.0 Å². The van der Waals surface area contributed by atoms with Crippen molar-refractivity contribution in [2.45, 2.75) is 32.9 Å². The number of aryl methyl sites for hydroxylation is 1.